The molecule has 0 saturated carbocycles. The summed E-state index contributed by atoms with van der Waals surface area (Å²) in [5.74, 6) is -1.15. The number of nitrogens with one attached hydrogen (secondary N) is 2. The summed E-state index contributed by atoms with van der Waals surface area (Å²) in [5.41, 5.74) is 1.88. The lowest BCUT2D eigenvalue weighted by atomic mass is 9.97. The van der Waals surface area contributed by atoms with Crippen LogP contribution in [0.25, 0.3) is 0 Å². The zero-order valence-corrected chi connectivity index (χ0v) is 17.1. The van der Waals surface area contributed by atoms with E-state index in [0.29, 0.717) is 0 Å². The van der Waals surface area contributed by atoms with E-state index in [1.165, 1.54) is 11.3 Å². The molecule has 0 aliphatic carbocycles. The largest absolute Gasteiger partial charge is 0.352 e. The van der Waals surface area contributed by atoms with E-state index in [1.54, 1.807) is 4.90 Å². The van der Waals surface area contributed by atoms with E-state index in [0.717, 1.165) is 16.1 Å². The van der Waals surface area contributed by atoms with Crippen LogP contribution < -0.4 is 15.5 Å². The van der Waals surface area contributed by atoms with Crippen molar-refractivity contribution < 1.29 is 14.4 Å². The second-order valence-electron chi connectivity index (χ2n) is 7.31. The molecular weight excluding hydrogens is 374 g/mol. The van der Waals surface area contributed by atoms with Gasteiger partial charge >= 0.3 is 0 Å². The molecular formula is C21H25N3O3S. The first-order valence-corrected chi connectivity index (χ1v) is 10.2. The number of benzene rings is 1. The first-order chi connectivity index (χ1) is 13.4. The van der Waals surface area contributed by atoms with Crippen LogP contribution in [0, 0.1) is 12.8 Å². The maximum atomic E-state index is 12.9. The van der Waals surface area contributed by atoms with Crippen molar-refractivity contribution in [3.8, 4) is 0 Å². The highest BCUT2D eigenvalue weighted by molar-refractivity contribution is 7.10. The lowest BCUT2D eigenvalue weighted by Crippen LogP contribution is -2.42. The smallest absolute Gasteiger partial charge is 0.239 e. The van der Waals surface area contributed by atoms with Crippen LogP contribution in [0.3, 0.4) is 0 Å². The number of nitrogens with zero attached hydrogens (tertiary/aromatic N) is 1. The van der Waals surface area contributed by atoms with E-state index < -0.39 is 5.92 Å². The third kappa shape index (κ3) is 4.42. The Morgan fingerprint density at radius 3 is 2.54 bits per heavy atom. The van der Waals surface area contributed by atoms with Gasteiger partial charge in [-0.1, -0.05) is 23.8 Å². The number of thiophene rings is 1. The SMILES string of the molecule is Cc1ccc(N2C(=O)CC(C(=O)NCC(=O)NC(C)C)C2c2cccs2)cc1. The van der Waals surface area contributed by atoms with Crippen molar-refractivity contribution in [2.45, 2.75) is 39.3 Å². The molecule has 3 rings (SSSR count). The van der Waals surface area contributed by atoms with E-state index in [1.807, 2.05) is 62.5 Å². The van der Waals surface area contributed by atoms with Gasteiger partial charge in [-0.2, -0.15) is 0 Å². The van der Waals surface area contributed by atoms with Gasteiger partial charge in [0, 0.05) is 23.0 Å². The summed E-state index contributed by atoms with van der Waals surface area (Å²) in [6.07, 6.45) is 0.119. The third-order valence-corrected chi connectivity index (χ3v) is 5.62. The predicted octanol–water partition coefficient (Wildman–Crippen LogP) is 2.79. The van der Waals surface area contributed by atoms with Gasteiger partial charge in [0.1, 0.15) is 0 Å². The maximum absolute atomic E-state index is 12.9. The number of hydrogen-bond donors (Lipinski definition) is 2. The molecule has 3 amide bonds. The van der Waals surface area contributed by atoms with Gasteiger partial charge in [0.25, 0.3) is 0 Å². The standard InChI is InChI=1S/C21H25N3O3S/c1-13(2)23-18(25)12-22-21(27)16-11-19(26)24(15-8-6-14(3)7-9-15)20(16)17-5-4-10-28-17/h4-10,13,16,20H,11-12H2,1-3H3,(H,22,27)(H,23,25). The molecule has 1 saturated heterocycles. The second kappa shape index (κ2) is 8.56. The van der Waals surface area contributed by atoms with Gasteiger partial charge in [-0.05, 0) is 44.4 Å². The molecule has 148 valence electrons. The lowest BCUT2D eigenvalue weighted by Gasteiger charge is -2.27. The van der Waals surface area contributed by atoms with Crippen LogP contribution in [0.2, 0.25) is 0 Å². The minimum Gasteiger partial charge on any atom is -0.352 e. The molecule has 0 radical (unpaired) electrons. The normalized spacial score (nSPS) is 19.1. The molecule has 1 aromatic heterocycles. The fourth-order valence-electron chi connectivity index (χ4n) is 3.44. The first-order valence-electron chi connectivity index (χ1n) is 9.36. The minimum atomic E-state index is -0.542. The number of carbonyl (C=O) groups is 3. The summed E-state index contributed by atoms with van der Waals surface area (Å²) in [7, 11) is 0. The average molecular weight is 400 g/mol. The Bertz CT molecular complexity index is 846. The molecule has 0 bridgehead atoms. The molecule has 1 fully saturated rings. The Balaban J connectivity index is 1.82. The highest BCUT2D eigenvalue weighted by atomic mass is 32.1. The number of hydrogen-bond acceptors (Lipinski definition) is 4. The number of anilines is 1. The number of rotatable bonds is 6. The van der Waals surface area contributed by atoms with E-state index >= 15 is 0 Å². The number of aryl methyl sites for hydroxylation is 1. The summed E-state index contributed by atoms with van der Waals surface area (Å²) in [4.78, 5) is 40.2. The van der Waals surface area contributed by atoms with E-state index in [2.05, 4.69) is 10.6 Å². The van der Waals surface area contributed by atoms with Crippen LogP contribution in [0.15, 0.2) is 41.8 Å². The van der Waals surface area contributed by atoms with Crippen molar-refractivity contribution in [2.24, 2.45) is 5.92 Å². The summed E-state index contributed by atoms with van der Waals surface area (Å²) in [5, 5.41) is 7.39. The van der Waals surface area contributed by atoms with Crippen molar-refractivity contribution in [1.82, 2.24) is 10.6 Å². The van der Waals surface area contributed by atoms with Crippen molar-refractivity contribution in [3.05, 3.63) is 52.2 Å². The van der Waals surface area contributed by atoms with E-state index in [9.17, 15) is 14.4 Å². The zero-order valence-electron chi connectivity index (χ0n) is 16.3. The molecule has 1 aliphatic heterocycles. The van der Waals surface area contributed by atoms with Crippen LogP contribution in [-0.2, 0) is 14.4 Å². The van der Waals surface area contributed by atoms with Crippen LogP contribution in [0.5, 0.6) is 0 Å². The van der Waals surface area contributed by atoms with E-state index in [-0.39, 0.29) is 42.8 Å². The van der Waals surface area contributed by atoms with Crippen LogP contribution in [0.1, 0.15) is 36.8 Å². The Labute approximate surface area is 168 Å². The summed E-state index contributed by atoms with van der Waals surface area (Å²) < 4.78 is 0. The van der Waals surface area contributed by atoms with Crippen LogP contribution >= 0.6 is 11.3 Å². The molecule has 2 N–H and O–H groups in total. The zero-order chi connectivity index (χ0) is 20.3. The van der Waals surface area contributed by atoms with Crippen molar-refractivity contribution in [1.29, 1.82) is 0 Å². The van der Waals surface area contributed by atoms with Gasteiger partial charge in [0.15, 0.2) is 0 Å². The summed E-state index contributed by atoms with van der Waals surface area (Å²) in [6, 6.07) is 11.2. The topological polar surface area (TPSA) is 78.5 Å². The molecule has 2 atom stereocenters. The molecule has 0 spiro atoms. The van der Waals surface area contributed by atoms with Crippen molar-refractivity contribution >= 4 is 34.7 Å². The highest BCUT2D eigenvalue weighted by Crippen LogP contribution is 2.43. The van der Waals surface area contributed by atoms with Crippen molar-refractivity contribution in [2.75, 3.05) is 11.4 Å². The Morgan fingerprint density at radius 2 is 1.93 bits per heavy atom. The monoisotopic (exact) mass is 399 g/mol. The van der Waals surface area contributed by atoms with Gasteiger partial charge in [-0.25, -0.2) is 0 Å². The lowest BCUT2D eigenvalue weighted by molar-refractivity contribution is -0.129. The molecule has 2 unspecified atom stereocenters. The number of carbonyl (C=O) groups excluding carboxylic acids is 3. The maximum Gasteiger partial charge on any atom is 0.239 e. The highest BCUT2D eigenvalue weighted by Gasteiger charge is 2.45. The van der Waals surface area contributed by atoms with Gasteiger partial charge in [0.2, 0.25) is 17.7 Å². The minimum absolute atomic E-state index is 0.00774. The second-order valence-corrected chi connectivity index (χ2v) is 8.29. The molecule has 2 heterocycles. The first kappa shape index (κ1) is 20.1. The average Bonchev–Trinajstić information content (AvgIpc) is 3.27. The third-order valence-electron chi connectivity index (χ3n) is 4.68. The van der Waals surface area contributed by atoms with Crippen molar-refractivity contribution in [3.63, 3.8) is 0 Å². The molecule has 7 heteroatoms. The predicted molar refractivity (Wildman–Crippen MR) is 110 cm³/mol. The van der Waals surface area contributed by atoms with Gasteiger partial charge in [-0.3, -0.25) is 14.4 Å². The Morgan fingerprint density at radius 1 is 1.21 bits per heavy atom. The van der Waals surface area contributed by atoms with Crippen LogP contribution in [-0.4, -0.2) is 30.3 Å². The van der Waals surface area contributed by atoms with Gasteiger partial charge in [0.05, 0.1) is 18.5 Å². The van der Waals surface area contributed by atoms with Crippen LogP contribution in [0.4, 0.5) is 5.69 Å². The summed E-state index contributed by atoms with van der Waals surface area (Å²) in [6.45, 7) is 5.62. The Kier molecular flexibility index (Phi) is 6.14. The quantitative estimate of drug-likeness (QED) is 0.784. The molecule has 6 nitrogen and oxygen atoms in total. The molecule has 2 aromatic rings. The molecule has 1 aliphatic rings. The summed E-state index contributed by atoms with van der Waals surface area (Å²) >= 11 is 1.52. The fourth-order valence-corrected chi connectivity index (χ4v) is 4.32. The number of amides is 3. The fraction of sp³-hybridized carbons (Fsp3) is 0.381. The molecule has 1 aromatic carbocycles. The van der Waals surface area contributed by atoms with E-state index in [4.69, 9.17) is 0 Å². The van der Waals surface area contributed by atoms with Gasteiger partial charge in [-0.15, -0.1) is 11.3 Å². The Hall–Kier alpha value is -2.67. The van der Waals surface area contributed by atoms with Gasteiger partial charge < -0.3 is 15.5 Å². The molecule has 28 heavy (non-hydrogen) atoms.